The van der Waals surface area contributed by atoms with E-state index in [0.29, 0.717) is 16.7 Å². The monoisotopic (exact) mass is 351 g/mol. The SMILES string of the molecule is COc1ccc(-c2noc(-c3ccsc3N)n2)cc1Br. The standard InChI is InChI=1S/C13H10BrN3O2S/c1-18-10-3-2-7(6-9(10)14)12-16-13(19-17-12)8-4-5-20-11(8)15/h2-6H,15H2,1H3. The zero-order valence-corrected chi connectivity index (χ0v) is 12.9. The molecular formula is C13H10BrN3O2S. The lowest BCUT2D eigenvalue weighted by molar-refractivity contribution is 0.412. The van der Waals surface area contributed by atoms with Gasteiger partial charge in [0.05, 0.1) is 22.1 Å². The van der Waals surface area contributed by atoms with Crippen LogP contribution in [0.25, 0.3) is 22.8 Å². The first-order chi connectivity index (χ1) is 9.69. The Labute approximate surface area is 127 Å². The van der Waals surface area contributed by atoms with Crippen molar-refractivity contribution in [1.82, 2.24) is 10.1 Å². The van der Waals surface area contributed by atoms with E-state index in [1.165, 1.54) is 11.3 Å². The van der Waals surface area contributed by atoms with Gasteiger partial charge in [-0.15, -0.1) is 11.3 Å². The van der Waals surface area contributed by atoms with Crippen LogP contribution >= 0.6 is 27.3 Å². The maximum atomic E-state index is 5.85. The van der Waals surface area contributed by atoms with Crippen LogP contribution in [-0.4, -0.2) is 17.3 Å². The van der Waals surface area contributed by atoms with E-state index in [0.717, 1.165) is 21.3 Å². The van der Waals surface area contributed by atoms with E-state index in [4.69, 9.17) is 15.0 Å². The molecule has 0 unspecified atom stereocenters. The molecule has 0 aliphatic heterocycles. The van der Waals surface area contributed by atoms with Crippen molar-refractivity contribution in [1.29, 1.82) is 0 Å². The molecule has 5 nitrogen and oxygen atoms in total. The maximum Gasteiger partial charge on any atom is 0.261 e. The summed E-state index contributed by atoms with van der Waals surface area (Å²) in [6, 6.07) is 7.45. The fourth-order valence-electron chi connectivity index (χ4n) is 1.75. The Kier molecular flexibility index (Phi) is 3.45. The van der Waals surface area contributed by atoms with Crippen molar-refractivity contribution in [2.75, 3.05) is 12.8 Å². The average molecular weight is 352 g/mol. The highest BCUT2D eigenvalue weighted by atomic mass is 79.9. The summed E-state index contributed by atoms with van der Waals surface area (Å²) in [6.07, 6.45) is 0. The van der Waals surface area contributed by atoms with Gasteiger partial charge in [-0.25, -0.2) is 0 Å². The van der Waals surface area contributed by atoms with E-state index < -0.39 is 0 Å². The van der Waals surface area contributed by atoms with Gasteiger partial charge < -0.3 is 15.0 Å². The van der Waals surface area contributed by atoms with Gasteiger partial charge in [0.1, 0.15) is 5.75 Å². The van der Waals surface area contributed by atoms with Crippen LogP contribution in [0.15, 0.2) is 38.6 Å². The van der Waals surface area contributed by atoms with Crippen LogP contribution in [0, 0.1) is 0 Å². The molecule has 0 amide bonds. The molecule has 20 heavy (non-hydrogen) atoms. The van der Waals surface area contributed by atoms with Gasteiger partial charge in [-0.1, -0.05) is 5.16 Å². The molecule has 0 radical (unpaired) electrons. The minimum absolute atomic E-state index is 0.422. The van der Waals surface area contributed by atoms with Crippen LogP contribution in [0.4, 0.5) is 5.00 Å². The number of ether oxygens (including phenoxy) is 1. The third-order valence-corrected chi connectivity index (χ3v) is 4.13. The number of nitrogen functional groups attached to an aromatic ring is 1. The lowest BCUT2D eigenvalue weighted by Gasteiger charge is -2.03. The Morgan fingerprint density at radius 2 is 2.20 bits per heavy atom. The first kappa shape index (κ1) is 13.1. The summed E-state index contributed by atoms with van der Waals surface area (Å²) in [7, 11) is 1.62. The van der Waals surface area contributed by atoms with Gasteiger partial charge >= 0.3 is 0 Å². The molecule has 0 bridgehead atoms. The van der Waals surface area contributed by atoms with Gasteiger partial charge in [0.15, 0.2) is 0 Å². The summed E-state index contributed by atoms with van der Waals surface area (Å²) < 4.78 is 11.3. The molecule has 3 rings (SSSR count). The number of hydrogen-bond donors (Lipinski definition) is 1. The Bertz CT molecular complexity index is 754. The van der Waals surface area contributed by atoms with Crippen molar-refractivity contribution in [3.63, 3.8) is 0 Å². The Morgan fingerprint density at radius 3 is 2.85 bits per heavy atom. The van der Waals surface area contributed by atoms with Crippen molar-refractivity contribution >= 4 is 32.3 Å². The Balaban J connectivity index is 1.98. The largest absolute Gasteiger partial charge is 0.496 e. The highest BCUT2D eigenvalue weighted by Gasteiger charge is 2.14. The smallest absolute Gasteiger partial charge is 0.261 e. The van der Waals surface area contributed by atoms with Crippen molar-refractivity contribution in [2.45, 2.75) is 0 Å². The summed E-state index contributed by atoms with van der Waals surface area (Å²) in [4.78, 5) is 4.37. The van der Waals surface area contributed by atoms with Crippen molar-refractivity contribution in [3.8, 4) is 28.6 Å². The molecule has 2 aromatic heterocycles. The second-order valence-electron chi connectivity index (χ2n) is 3.97. The quantitative estimate of drug-likeness (QED) is 0.776. The summed E-state index contributed by atoms with van der Waals surface area (Å²) in [5, 5.41) is 6.53. The van der Waals surface area contributed by atoms with E-state index in [2.05, 4.69) is 26.1 Å². The van der Waals surface area contributed by atoms with Crippen LogP contribution in [0.3, 0.4) is 0 Å². The fraction of sp³-hybridized carbons (Fsp3) is 0.0769. The molecule has 3 aromatic rings. The number of halogens is 1. The number of benzene rings is 1. The number of anilines is 1. The second-order valence-corrected chi connectivity index (χ2v) is 5.77. The minimum atomic E-state index is 0.422. The first-order valence-electron chi connectivity index (χ1n) is 5.70. The van der Waals surface area contributed by atoms with Gasteiger partial charge in [0.2, 0.25) is 5.82 Å². The molecule has 0 aliphatic carbocycles. The second kappa shape index (κ2) is 5.26. The molecule has 2 N–H and O–H groups in total. The van der Waals surface area contributed by atoms with E-state index >= 15 is 0 Å². The number of aromatic nitrogens is 2. The lowest BCUT2D eigenvalue weighted by atomic mass is 10.2. The van der Waals surface area contributed by atoms with Gasteiger partial charge in [-0.05, 0) is 45.6 Å². The maximum absolute atomic E-state index is 5.85. The molecule has 0 fully saturated rings. The van der Waals surface area contributed by atoms with Crippen LogP contribution in [0.5, 0.6) is 5.75 Å². The molecule has 0 aliphatic rings. The number of methoxy groups -OCH3 is 1. The number of nitrogens with zero attached hydrogens (tertiary/aromatic N) is 2. The number of thiophene rings is 1. The third-order valence-electron chi connectivity index (χ3n) is 2.76. The summed E-state index contributed by atoms with van der Waals surface area (Å²) >= 11 is 4.87. The third kappa shape index (κ3) is 2.30. The lowest BCUT2D eigenvalue weighted by Crippen LogP contribution is -1.87. The van der Waals surface area contributed by atoms with Gasteiger partial charge in [-0.3, -0.25) is 0 Å². The van der Waals surface area contributed by atoms with Crippen LogP contribution in [-0.2, 0) is 0 Å². The van der Waals surface area contributed by atoms with Crippen LogP contribution in [0.2, 0.25) is 0 Å². The summed E-state index contributed by atoms with van der Waals surface area (Å²) in [5.74, 6) is 1.68. The summed E-state index contributed by atoms with van der Waals surface area (Å²) in [6.45, 7) is 0. The van der Waals surface area contributed by atoms with Crippen LogP contribution < -0.4 is 10.5 Å². The molecule has 2 heterocycles. The summed E-state index contributed by atoms with van der Waals surface area (Å²) in [5.41, 5.74) is 7.45. The zero-order chi connectivity index (χ0) is 14.1. The number of rotatable bonds is 3. The zero-order valence-electron chi connectivity index (χ0n) is 10.5. The molecule has 0 spiro atoms. The van der Waals surface area contributed by atoms with Crippen molar-refractivity contribution in [3.05, 3.63) is 34.1 Å². The Morgan fingerprint density at radius 1 is 1.35 bits per heavy atom. The van der Waals surface area contributed by atoms with E-state index in [1.807, 2.05) is 29.6 Å². The van der Waals surface area contributed by atoms with E-state index in [9.17, 15) is 0 Å². The highest BCUT2D eigenvalue weighted by molar-refractivity contribution is 9.10. The van der Waals surface area contributed by atoms with Crippen molar-refractivity contribution < 1.29 is 9.26 Å². The Hall–Kier alpha value is -1.86. The number of nitrogens with two attached hydrogens (primary N) is 1. The van der Waals surface area contributed by atoms with Crippen molar-refractivity contribution in [2.24, 2.45) is 0 Å². The molecule has 0 saturated heterocycles. The predicted molar refractivity (Wildman–Crippen MR) is 81.7 cm³/mol. The van der Waals surface area contributed by atoms with Gasteiger partial charge in [0.25, 0.3) is 5.89 Å². The van der Waals surface area contributed by atoms with E-state index in [-0.39, 0.29) is 0 Å². The minimum Gasteiger partial charge on any atom is -0.496 e. The molecule has 0 atom stereocenters. The first-order valence-corrected chi connectivity index (χ1v) is 7.37. The van der Waals surface area contributed by atoms with Crippen LogP contribution in [0.1, 0.15) is 0 Å². The predicted octanol–water partition coefficient (Wildman–Crippen LogP) is 3.82. The molecule has 0 saturated carbocycles. The fourth-order valence-corrected chi connectivity index (χ4v) is 2.93. The average Bonchev–Trinajstić information content (AvgIpc) is 3.07. The topological polar surface area (TPSA) is 74.2 Å². The molecule has 102 valence electrons. The molecule has 7 heteroatoms. The highest BCUT2D eigenvalue weighted by Crippen LogP contribution is 2.32. The normalized spacial score (nSPS) is 10.7. The molecular weight excluding hydrogens is 342 g/mol. The van der Waals surface area contributed by atoms with Gasteiger partial charge in [0, 0.05) is 5.56 Å². The number of hydrogen-bond acceptors (Lipinski definition) is 6. The van der Waals surface area contributed by atoms with E-state index in [1.54, 1.807) is 7.11 Å². The molecule has 1 aromatic carbocycles. The van der Waals surface area contributed by atoms with Gasteiger partial charge in [-0.2, -0.15) is 4.98 Å².